The molecule has 0 aliphatic carbocycles. The van der Waals surface area contributed by atoms with Gasteiger partial charge in [-0.25, -0.2) is 0 Å². The molecular weight excluding hydrogens is 211 g/mol. The zero-order valence-electron chi connectivity index (χ0n) is 9.05. The second kappa shape index (κ2) is 3.37. The molecule has 3 unspecified atom stereocenters. The Morgan fingerprint density at radius 2 is 1.87 bits per heavy atom. The van der Waals surface area contributed by atoms with Gasteiger partial charge in [0.05, 0.1) is 0 Å². The summed E-state index contributed by atoms with van der Waals surface area (Å²) in [7, 11) is 2.28. The predicted octanol–water partition coefficient (Wildman–Crippen LogP) is 1.43. The van der Waals surface area contributed by atoms with Crippen molar-refractivity contribution in [1.82, 2.24) is 4.90 Å². The fourth-order valence-corrected chi connectivity index (χ4v) is 2.09. The van der Waals surface area contributed by atoms with Gasteiger partial charge in [-0.15, -0.1) is 0 Å². The third-order valence-corrected chi connectivity index (χ3v) is 3.36. The summed E-state index contributed by atoms with van der Waals surface area (Å²) < 4.78 is 43.2. The number of amides is 1. The molecule has 1 rings (SSSR count). The van der Waals surface area contributed by atoms with Crippen LogP contribution in [0, 0.1) is 5.92 Å². The molecule has 3 atom stereocenters. The summed E-state index contributed by atoms with van der Waals surface area (Å²) >= 11 is 0. The number of hydrogen-bond acceptors (Lipinski definition) is 2. The number of nitrogens with zero attached hydrogens (tertiary/aromatic N) is 1. The highest BCUT2D eigenvalue weighted by Gasteiger charge is 2.70. The van der Waals surface area contributed by atoms with Gasteiger partial charge >= 0.3 is 6.18 Å². The Bertz CT molecular complexity index is 279. The highest BCUT2D eigenvalue weighted by molar-refractivity contribution is 5.89. The van der Waals surface area contributed by atoms with E-state index in [4.69, 9.17) is 0 Å². The van der Waals surface area contributed by atoms with Crippen molar-refractivity contribution in [1.29, 1.82) is 0 Å². The number of alkyl halides is 3. The number of halogens is 3. The lowest BCUT2D eigenvalue weighted by Gasteiger charge is -2.31. The Balaban J connectivity index is 3.26. The molecule has 1 amide bonds. The number of carbonyl (C=O) groups is 1. The van der Waals surface area contributed by atoms with Crippen LogP contribution in [0.1, 0.15) is 13.8 Å². The average Bonchev–Trinajstić information content (AvgIpc) is 2.29. The van der Waals surface area contributed by atoms with Crippen LogP contribution in [0.25, 0.3) is 0 Å². The summed E-state index contributed by atoms with van der Waals surface area (Å²) in [5.41, 5.74) is -2.68. The van der Waals surface area contributed by atoms with Gasteiger partial charge in [0, 0.05) is 26.1 Å². The minimum atomic E-state index is -4.68. The molecule has 1 aliphatic rings. The molecule has 0 radical (unpaired) electrons. The summed E-state index contributed by atoms with van der Waals surface area (Å²) in [5, 5.41) is 0. The first-order valence-electron chi connectivity index (χ1n) is 4.59. The van der Waals surface area contributed by atoms with E-state index in [1.807, 2.05) is 0 Å². The number of likely N-dealkylation sites (N-methyl/N-ethyl adjacent to an activating group) is 1. The highest BCUT2D eigenvalue weighted by atomic mass is 19.4. The number of rotatable bonds is 1. The fraction of sp³-hybridized carbons (Fsp3) is 0.889. The predicted molar refractivity (Wildman–Crippen MR) is 47.2 cm³/mol. The fourth-order valence-electron chi connectivity index (χ4n) is 2.09. The first-order chi connectivity index (χ1) is 6.70. The van der Waals surface area contributed by atoms with Crippen molar-refractivity contribution >= 4 is 5.91 Å². The molecule has 0 bridgehead atoms. The number of ether oxygens (including phenoxy) is 1. The molecule has 1 aliphatic heterocycles. The smallest absolute Gasteiger partial charge is 0.360 e. The van der Waals surface area contributed by atoms with Gasteiger partial charge < -0.3 is 9.64 Å². The van der Waals surface area contributed by atoms with Crippen LogP contribution in [0.4, 0.5) is 13.2 Å². The van der Waals surface area contributed by atoms with E-state index in [-0.39, 0.29) is 0 Å². The Morgan fingerprint density at radius 1 is 1.40 bits per heavy atom. The maximum Gasteiger partial charge on any atom is 0.426 e. The van der Waals surface area contributed by atoms with Crippen LogP contribution in [0.5, 0.6) is 0 Å². The lowest BCUT2D eigenvalue weighted by atomic mass is 9.87. The minimum Gasteiger partial charge on any atom is -0.360 e. The zero-order chi connectivity index (χ0) is 12.0. The Hall–Kier alpha value is -0.780. The van der Waals surface area contributed by atoms with Crippen molar-refractivity contribution in [2.45, 2.75) is 31.7 Å². The molecule has 1 fully saturated rings. The van der Waals surface area contributed by atoms with Crippen molar-refractivity contribution in [3.8, 4) is 0 Å². The van der Waals surface area contributed by atoms with E-state index < -0.39 is 29.6 Å². The first kappa shape index (κ1) is 12.3. The van der Waals surface area contributed by atoms with E-state index in [0.29, 0.717) is 0 Å². The first-order valence-corrected chi connectivity index (χ1v) is 4.59. The van der Waals surface area contributed by atoms with Crippen LogP contribution in [0.3, 0.4) is 0 Å². The maximum absolute atomic E-state index is 12.9. The summed E-state index contributed by atoms with van der Waals surface area (Å²) in [4.78, 5) is 12.7. The molecule has 6 heteroatoms. The molecule has 1 saturated heterocycles. The van der Waals surface area contributed by atoms with E-state index in [2.05, 4.69) is 4.74 Å². The molecule has 0 N–H and O–H groups in total. The lowest BCUT2D eigenvalue weighted by Crippen LogP contribution is -2.56. The van der Waals surface area contributed by atoms with Crippen molar-refractivity contribution < 1.29 is 22.7 Å². The number of hydrogen-bond donors (Lipinski definition) is 0. The van der Waals surface area contributed by atoms with E-state index in [9.17, 15) is 18.0 Å². The Morgan fingerprint density at radius 3 is 2.00 bits per heavy atom. The third-order valence-electron chi connectivity index (χ3n) is 3.36. The largest absolute Gasteiger partial charge is 0.426 e. The second-order valence-electron chi connectivity index (χ2n) is 3.88. The highest BCUT2D eigenvalue weighted by Crippen LogP contribution is 2.46. The number of carbonyl (C=O) groups excluding carboxylic acids is 1. The Kier molecular flexibility index (Phi) is 2.76. The number of likely N-dealkylation sites (tertiary alicyclic amines) is 1. The molecule has 3 nitrogen and oxygen atoms in total. The summed E-state index contributed by atoms with van der Waals surface area (Å²) in [6.45, 7) is 2.96. The summed E-state index contributed by atoms with van der Waals surface area (Å²) in [5.74, 6) is -1.93. The SMILES string of the molecule is COC1(C(F)(F)F)C(=O)N(C)C(C)C1C. The molecule has 0 aromatic carbocycles. The van der Waals surface area contributed by atoms with Gasteiger partial charge in [-0.2, -0.15) is 13.2 Å². The van der Waals surface area contributed by atoms with Gasteiger partial charge in [0.2, 0.25) is 5.60 Å². The quantitative estimate of drug-likeness (QED) is 0.675. The van der Waals surface area contributed by atoms with E-state index >= 15 is 0 Å². The van der Waals surface area contributed by atoms with Crippen LogP contribution >= 0.6 is 0 Å². The molecule has 15 heavy (non-hydrogen) atoms. The molecule has 88 valence electrons. The summed E-state index contributed by atoms with van der Waals surface area (Å²) in [6, 6.07) is -0.487. The van der Waals surface area contributed by atoms with Gasteiger partial charge in [0.1, 0.15) is 0 Å². The minimum absolute atomic E-state index is 0.487. The third kappa shape index (κ3) is 1.34. The topological polar surface area (TPSA) is 29.5 Å². The van der Waals surface area contributed by atoms with Crippen LogP contribution < -0.4 is 0 Å². The molecule has 0 aromatic rings. The van der Waals surface area contributed by atoms with Gasteiger partial charge in [-0.05, 0) is 6.92 Å². The average molecular weight is 225 g/mol. The van der Waals surface area contributed by atoms with Crippen molar-refractivity contribution in [3.05, 3.63) is 0 Å². The van der Waals surface area contributed by atoms with Crippen molar-refractivity contribution in [2.24, 2.45) is 5.92 Å². The standard InChI is InChI=1S/C9H14F3NO2/c1-5-6(2)13(3)7(14)8(5,15-4)9(10,11)12/h5-6H,1-4H3. The van der Waals surface area contributed by atoms with Crippen LogP contribution in [0.2, 0.25) is 0 Å². The van der Waals surface area contributed by atoms with Gasteiger partial charge in [-0.3, -0.25) is 4.79 Å². The summed E-state index contributed by atoms with van der Waals surface area (Å²) in [6.07, 6.45) is -4.68. The van der Waals surface area contributed by atoms with Gasteiger partial charge in [0.25, 0.3) is 5.91 Å². The molecule has 0 saturated carbocycles. The maximum atomic E-state index is 12.9. The van der Waals surface area contributed by atoms with Crippen molar-refractivity contribution in [3.63, 3.8) is 0 Å². The lowest BCUT2D eigenvalue weighted by molar-refractivity contribution is -0.268. The molecular formula is C9H14F3NO2. The van der Waals surface area contributed by atoms with E-state index in [0.717, 1.165) is 12.0 Å². The molecule has 0 spiro atoms. The van der Waals surface area contributed by atoms with Gasteiger partial charge in [0.15, 0.2) is 0 Å². The second-order valence-corrected chi connectivity index (χ2v) is 3.88. The van der Waals surface area contributed by atoms with Crippen LogP contribution in [-0.2, 0) is 9.53 Å². The van der Waals surface area contributed by atoms with Crippen LogP contribution in [0.15, 0.2) is 0 Å². The normalized spacial score (nSPS) is 37.5. The van der Waals surface area contributed by atoms with Crippen LogP contribution in [-0.4, -0.2) is 42.8 Å². The number of methoxy groups -OCH3 is 1. The Labute approximate surface area is 86.2 Å². The molecule has 1 heterocycles. The van der Waals surface area contributed by atoms with E-state index in [1.165, 1.54) is 14.0 Å². The van der Waals surface area contributed by atoms with E-state index in [1.54, 1.807) is 6.92 Å². The molecule has 0 aromatic heterocycles. The van der Waals surface area contributed by atoms with Gasteiger partial charge in [-0.1, -0.05) is 6.92 Å². The van der Waals surface area contributed by atoms with Crippen molar-refractivity contribution in [2.75, 3.05) is 14.2 Å². The zero-order valence-corrected chi connectivity index (χ0v) is 9.05. The monoisotopic (exact) mass is 225 g/mol.